The van der Waals surface area contributed by atoms with Gasteiger partial charge in [-0.25, -0.2) is 17.5 Å². The number of aliphatic carboxylic acids is 1. The van der Waals surface area contributed by atoms with Crippen LogP contribution in [0.4, 0.5) is 0 Å². The van der Waals surface area contributed by atoms with E-state index in [1.807, 2.05) is 0 Å². The van der Waals surface area contributed by atoms with Crippen molar-refractivity contribution in [2.45, 2.75) is 11.8 Å². The molecule has 1 aromatic carbocycles. The maximum Gasteiger partial charge on any atom is 0.328 e. The van der Waals surface area contributed by atoms with E-state index in [-0.39, 0.29) is 10.6 Å². The van der Waals surface area contributed by atoms with Gasteiger partial charge in [0.1, 0.15) is 10.6 Å². The van der Waals surface area contributed by atoms with Crippen molar-refractivity contribution >= 4 is 22.1 Å². The van der Waals surface area contributed by atoms with Crippen LogP contribution >= 0.6 is 0 Å². The summed E-state index contributed by atoms with van der Waals surface area (Å²) < 4.78 is 30.9. The Kier molecular flexibility index (Phi) is 5.29. The minimum Gasteiger partial charge on any atom is -0.495 e. The molecule has 7 heteroatoms. The molecule has 0 atom stereocenters. The van der Waals surface area contributed by atoms with Gasteiger partial charge in [0, 0.05) is 19.7 Å². The van der Waals surface area contributed by atoms with Gasteiger partial charge < -0.3 is 9.84 Å². The van der Waals surface area contributed by atoms with Gasteiger partial charge in [-0.2, -0.15) is 0 Å². The van der Waals surface area contributed by atoms with Gasteiger partial charge >= 0.3 is 5.97 Å². The molecule has 0 radical (unpaired) electrons. The molecule has 0 aliphatic carbocycles. The quantitative estimate of drug-likeness (QED) is 0.803. The second-order valence-corrected chi connectivity index (χ2v) is 6.01. The molecule has 0 aliphatic rings. The van der Waals surface area contributed by atoms with E-state index >= 15 is 0 Å². The van der Waals surface area contributed by atoms with Crippen LogP contribution in [0.15, 0.2) is 29.2 Å². The molecule has 1 aromatic rings. The van der Waals surface area contributed by atoms with Gasteiger partial charge in [-0.05, 0) is 23.8 Å². The van der Waals surface area contributed by atoms with Crippen molar-refractivity contribution in [2.24, 2.45) is 0 Å². The molecular formula is C13H17NO5S. The fourth-order valence-corrected chi connectivity index (χ4v) is 2.87. The molecule has 1 N–H and O–H groups in total. The summed E-state index contributed by atoms with van der Waals surface area (Å²) in [6.07, 6.45) is 2.27. The molecule has 0 unspecified atom stereocenters. The first kappa shape index (κ1) is 16.2. The van der Waals surface area contributed by atoms with Gasteiger partial charge in [-0.15, -0.1) is 0 Å². The number of carboxylic acids is 1. The Morgan fingerprint density at radius 3 is 2.60 bits per heavy atom. The molecule has 0 bridgehead atoms. The molecule has 0 heterocycles. The van der Waals surface area contributed by atoms with Crippen molar-refractivity contribution in [2.75, 3.05) is 20.7 Å². The van der Waals surface area contributed by atoms with Gasteiger partial charge in [0.15, 0.2) is 0 Å². The van der Waals surface area contributed by atoms with Crippen molar-refractivity contribution in [3.8, 4) is 5.75 Å². The first-order valence-corrected chi connectivity index (χ1v) is 7.32. The van der Waals surface area contributed by atoms with Crippen LogP contribution in [-0.2, 0) is 14.8 Å². The molecule has 0 amide bonds. The van der Waals surface area contributed by atoms with E-state index in [9.17, 15) is 13.2 Å². The van der Waals surface area contributed by atoms with Gasteiger partial charge in [-0.1, -0.05) is 13.0 Å². The number of sulfonamides is 1. The summed E-state index contributed by atoms with van der Waals surface area (Å²) in [5.41, 5.74) is 0.469. The predicted molar refractivity (Wildman–Crippen MR) is 75.2 cm³/mol. The zero-order valence-electron chi connectivity index (χ0n) is 11.5. The maximum absolute atomic E-state index is 12.3. The number of benzene rings is 1. The van der Waals surface area contributed by atoms with E-state index < -0.39 is 16.0 Å². The first-order valence-electron chi connectivity index (χ1n) is 5.88. The molecule has 6 nitrogen and oxygen atoms in total. The Morgan fingerprint density at radius 2 is 2.10 bits per heavy atom. The number of carboxylic acid groups (broad SMARTS) is 1. The third-order valence-electron chi connectivity index (χ3n) is 2.74. The Bertz CT molecular complexity index is 622. The van der Waals surface area contributed by atoms with Crippen LogP contribution in [-0.4, -0.2) is 44.5 Å². The summed E-state index contributed by atoms with van der Waals surface area (Å²) in [5, 5.41) is 8.59. The monoisotopic (exact) mass is 299 g/mol. The van der Waals surface area contributed by atoms with Crippen LogP contribution in [0.2, 0.25) is 0 Å². The summed E-state index contributed by atoms with van der Waals surface area (Å²) in [6, 6.07) is 4.47. The normalized spacial score (nSPS) is 12.0. The molecule has 0 fully saturated rings. The number of hydrogen-bond acceptors (Lipinski definition) is 4. The lowest BCUT2D eigenvalue weighted by atomic mass is 10.2. The Balaban J connectivity index is 3.36. The summed E-state index contributed by atoms with van der Waals surface area (Å²) in [4.78, 5) is 10.5. The molecule has 0 saturated heterocycles. The maximum atomic E-state index is 12.3. The Morgan fingerprint density at radius 1 is 1.45 bits per heavy atom. The number of ether oxygens (including phenoxy) is 1. The van der Waals surface area contributed by atoms with Crippen LogP contribution in [0.3, 0.4) is 0 Å². The number of methoxy groups -OCH3 is 1. The molecule has 0 saturated carbocycles. The second-order valence-electron chi connectivity index (χ2n) is 4.00. The van der Waals surface area contributed by atoms with Crippen LogP contribution in [0, 0.1) is 0 Å². The zero-order valence-corrected chi connectivity index (χ0v) is 12.3. The molecule has 0 spiro atoms. The highest BCUT2D eigenvalue weighted by molar-refractivity contribution is 7.89. The van der Waals surface area contributed by atoms with Crippen molar-refractivity contribution < 1.29 is 23.1 Å². The van der Waals surface area contributed by atoms with Gasteiger partial charge in [-0.3, -0.25) is 0 Å². The van der Waals surface area contributed by atoms with Crippen molar-refractivity contribution in [3.63, 3.8) is 0 Å². The highest BCUT2D eigenvalue weighted by Gasteiger charge is 2.23. The highest BCUT2D eigenvalue weighted by atomic mass is 32.2. The van der Waals surface area contributed by atoms with Crippen LogP contribution in [0.5, 0.6) is 5.75 Å². The lowest BCUT2D eigenvalue weighted by molar-refractivity contribution is -0.131. The topological polar surface area (TPSA) is 83.9 Å². The molecule has 0 aliphatic heterocycles. The summed E-state index contributed by atoms with van der Waals surface area (Å²) >= 11 is 0. The van der Waals surface area contributed by atoms with E-state index in [1.165, 1.54) is 36.7 Å². The fraction of sp³-hybridized carbons (Fsp3) is 0.308. The third kappa shape index (κ3) is 3.58. The number of hydrogen-bond donors (Lipinski definition) is 1. The van der Waals surface area contributed by atoms with E-state index in [0.29, 0.717) is 12.1 Å². The SMILES string of the molecule is CCN(C)S(=O)(=O)c1cc(/C=C/C(=O)O)ccc1OC. The lowest BCUT2D eigenvalue weighted by Crippen LogP contribution is -2.27. The predicted octanol–water partition coefficient (Wildman–Crippen LogP) is 1.43. The minimum absolute atomic E-state index is 0.0110. The van der Waals surface area contributed by atoms with Crippen LogP contribution < -0.4 is 4.74 Å². The zero-order chi connectivity index (χ0) is 15.3. The summed E-state index contributed by atoms with van der Waals surface area (Å²) in [5.74, 6) is -0.881. The van der Waals surface area contributed by atoms with Crippen molar-refractivity contribution in [1.82, 2.24) is 4.31 Å². The van der Waals surface area contributed by atoms with Gasteiger partial charge in [0.2, 0.25) is 10.0 Å². The van der Waals surface area contributed by atoms with Crippen LogP contribution in [0.25, 0.3) is 6.08 Å². The standard InChI is InChI=1S/C13H17NO5S/c1-4-14(2)20(17,18)12-9-10(6-8-13(15)16)5-7-11(12)19-3/h5-9H,4H2,1-3H3,(H,15,16)/b8-6+. The van der Waals surface area contributed by atoms with E-state index in [0.717, 1.165) is 6.08 Å². The average Bonchev–Trinajstić information content (AvgIpc) is 2.43. The summed E-state index contributed by atoms with van der Waals surface area (Å²) in [7, 11) is -0.817. The molecular weight excluding hydrogens is 282 g/mol. The van der Waals surface area contributed by atoms with Crippen molar-refractivity contribution in [3.05, 3.63) is 29.8 Å². The minimum atomic E-state index is -3.67. The fourth-order valence-electron chi connectivity index (χ4n) is 1.50. The van der Waals surface area contributed by atoms with Gasteiger partial charge in [0.25, 0.3) is 0 Å². The smallest absolute Gasteiger partial charge is 0.328 e. The second kappa shape index (κ2) is 6.53. The molecule has 1 rings (SSSR count). The molecule has 110 valence electrons. The lowest BCUT2D eigenvalue weighted by Gasteiger charge is -2.17. The summed E-state index contributed by atoms with van der Waals surface area (Å²) in [6.45, 7) is 2.04. The largest absolute Gasteiger partial charge is 0.495 e. The highest BCUT2D eigenvalue weighted by Crippen LogP contribution is 2.27. The van der Waals surface area contributed by atoms with E-state index in [2.05, 4.69) is 0 Å². The number of carbonyl (C=O) groups is 1. The Labute approximate surface area is 118 Å². The average molecular weight is 299 g/mol. The number of rotatable bonds is 6. The first-order chi connectivity index (χ1) is 9.32. The van der Waals surface area contributed by atoms with Crippen LogP contribution in [0.1, 0.15) is 12.5 Å². The molecule has 20 heavy (non-hydrogen) atoms. The Hall–Kier alpha value is -1.86. The van der Waals surface area contributed by atoms with Crippen molar-refractivity contribution in [1.29, 1.82) is 0 Å². The third-order valence-corrected chi connectivity index (χ3v) is 4.69. The van der Waals surface area contributed by atoms with E-state index in [4.69, 9.17) is 9.84 Å². The van der Waals surface area contributed by atoms with Gasteiger partial charge in [0.05, 0.1) is 7.11 Å². The van der Waals surface area contributed by atoms with E-state index in [1.54, 1.807) is 13.0 Å². The number of nitrogens with zero attached hydrogens (tertiary/aromatic N) is 1. The molecule has 0 aromatic heterocycles.